The molecule has 0 aliphatic carbocycles. The molecule has 0 spiro atoms. The first kappa shape index (κ1) is 16.4. The number of nitrogen functional groups attached to an aromatic ring is 1. The molecule has 0 aromatic heterocycles. The van der Waals surface area contributed by atoms with Crippen LogP contribution < -0.4 is 21.1 Å². The Morgan fingerprint density at radius 2 is 1.60 bits per heavy atom. The summed E-state index contributed by atoms with van der Waals surface area (Å²) in [5, 5.41) is 5.81. The lowest BCUT2D eigenvalue weighted by Crippen LogP contribution is -2.17. The summed E-state index contributed by atoms with van der Waals surface area (Å²) in [5.41, 5.74) is 8.67. The molecule has 0 heterocycles. The average molecular weight is 333 g/mol. The molecule has 0 fully saturated rings. The Hall–Kier alpha value is -3.47. The maximum Gasteiger partial charge on any atom is 0.251 e. The van der Waals surface area contributed by atoms with Crippen LogP contribution in [0.15, 0.2) is 72.8 Å². The fraction of sp³-hybridized carbons (Fsp3) is 0.0500. The van der Waals surface area contributed by atoms with Gasteiger partial charge >= 0.3 is 0 Å². The predicted molar refractivity (Wildman–Crippen MR) is 100 cm³/mol. The Morgan fingerprint density at radius 3 is 2.24 bits per heavy atom. The number of rotatable bonds is 5. The van der Waals surface area contributed by atoms with Crippen molar-refractivity contribution in [3.63, 3.8) is 0 Å². The van der Waals surface area contributed by atoms with E-state index >= 15 is 0 Å². The Kier molecular flexibility index (Phi) is 4.85. The molecule has 0 aliphatic rings. The van der Waals surface area contributed by atoms with Crippen LogP contribution in [-0.4, -0.2) is 13.0 Å². The molecule has 0 saturated heterocycles. The molecule has 4 N–H and O–H groups in total. The molecule has 3 aromatic carbocycles. The number of nitrogens with one attached hydrogen (secondary N) is 2. The molecule has 0 atom stereocenters. The minimum Gasteiger partial charge on any atom is -0.457 e. The van der Waals surface area contributed by atoms with E-state index in [1.54, 1.807) is 25.2 Å². The molecule has 0 aliphatic heterocycles. The van der Waals surface area contributed by atoms with Crippen molar-refractivity contribution in [1.29, 1.82) is 0 Å². The van der Waals surface area contributed by atoms with Gasteiger partial charge in [0.2, 0.25) is 0 Å². The Balaban J connectivity index is 1.70. The normalized spacial score (nSPS) is 10.1. The highest BCUT2D eigenvalue weighted by Crippen LogP contribution is 2.27. The van der Waals surface area contributed by atoms with E-state index in [1.165, 1.54) is 0 Å². The monoisotopic (exact) mass is 333 g/mol. The van der Waals surface area contributed by atoms with Gasteiger partial charge in [-0.15, -0.1) is 0 Å². The van der Waals surface area contributed by atoms with Crippen LogP contribution in [0, 0.1) is 0 Å². The molecule has 3 rings (SSSR count). The summed E-state index contributed by atoms with van der Waals surface area (Å²) in [7, 11) is 1.59. The zero-order valence-electron chi connectivity index (χ0n) is 13.8. The van der Waals surface area contributed by atoms with Crippen LogP contribution in [-0.2, 0) is 0 Å². The van der Waals surface area contributed by atoms with Gasteiger partial charge in [0.1, 0.15) is 11.5 Å². The molecule has 0 radical (unpaired) electrons. The van der Waals surface area contributed by atoms with Crippen molar-refractivity contribution < 1.29 is 9.53 Å². The van der Waals surface area contributed by atoms with Crippen molar-refractivity contribution in [2.75, 3.05) is 18.1 Å². The largest absolute Gasteiger partial charge is 0.457 e. The number of para-hydroxylation sites is 1. The molecular formula is C20H19N3O2. The number of hydrogen-bond acceptors (Lipinski definition) is 4. The zero-order valence-corrected chi connectivity index (χ0v) is 13.8. The molecule has 0 bridgehead atoms. The summed E-state index contributed by atoms with van der Waals surface area (Å²) in [6, 6.07) is 22.3. The number of nitrogens with two attached hydrogens (primary N) is 1. The Morgan fingerprint density at radius 1 is 0.920 bits per heavy atom. The predicted octanol–water partition coefficient (Wildman–Crippen LogP) is 4.16. The Bertz CT molecular complexity index is 862. The van der Waals surface area contributed by atoms with Crippen molar-refractivity contribution in [2.24, 2.45) is 0 Å². The first-order valence-electron chi connectivity index (χ1n) is 7.87. The lowest BCUT2D eigenvalue weighted by molar-refractivity contribution is 0.0963. The number of carbonyl (C=O) groups excluding carboxylic acids is 1. The van der Waals surface area contributed by atoms with E-state index in [-0.39, 0.29) is 5.91 Å². The first-order valence-corrected chi connectivity index (χ1v) is 7.87. The van der Waals surface area contributed by atoms with Crippen LogP contribution in [0.2, 0.25) is 0 Å². The maximum atomic E-state index is 11.6. The number of ether oxygens (including phenoxy) is 1. The molecule has 1 amide bonds. The number of carbonyl (C=O) groups is 1. The van der Waals surface area contributed by atoms with Crippen LogP contribution in [0.3, 0.4) is 0 Å². The maximum absolute atomic E-state index is 11.6. The van der Waals surface area contributed by atoms with Crippen molar-refractivity contribution in [3.8, 4) is 11.5 Å². The summed E-state index contributed by atoms with van der Waals surface area (Å²) >= 11 is 0. The summed E-state index contributed by atoms with van der Waals surface area (Å²) in [6.07, 6.45) is 0. The van der Waals surface area contributed by atoms with Crippen molar-refractivity contribution in [2.45, 2.75) is 0 Å². The summed E-state index contributed by atoms with van der Waals surface area (Å²) in [4.78, 5) is 11.6. The third-order valence-electron chi connectivity index (χ3n) is 3.65. The first-order chi connectivity index (χ1) is 12.2. The van der Waals surface area contributed by atoms with E-state index < -0.39 is 0 Å². The SMILES string of the molecule is CNC(=O)c1ccc(Nc2ccc(Oc3ccccc3)cc2)c(N)c1. The summed E-state index contributed by atoms with van der Waals surface area (Å²) < 4.78 is 5.76. The average Bonchev–Trinajstić information content (AvgIpc) is 2.65. The summed E-state index contributed by atoms with van der Waals surface area (Å²) in [5.74, 6) is 1.37. The van der Waals surface area contributed by atoms with E-state index in [2.05, 4.69) is 10.6 Å². The topological polar surface area (TPSA) is 76.4 Å². The number of benzene rings is 3. The highest BCUT2D eigenvalue weighted by atomic mass is 16.5. The second kappa shape index (κ2) is 7.40. The lowest BCUT2D eigenvalue weighted by Gasteiger charge is -2.11. The standard InChI is InChI=1S/C20H19N3O2/c1-22-20(24)14-7-12-19(18(21)13-14)23-15-8-10-17(11-9-15)25-16-5-3-2-4-6-16/h2-13,23H,21H2,1H3,(H,22,24). The second-order valence-corrected chi connectivity index (χ2v) is 5.45. The van der Waals surface area contributed by atoms with Gasteiger partial charge in [-0.05, 0) is 54.6 Å². The van der Waals surface area contributed by atoms with Crippen LogP contribution >= 0.6 is 0 Å². The van der Waals surface area contributed by atoms with Gasteiger partial charge in [-0.1, -0.05) is 18.2 Å². The van der Waals surface area contributed by atoms with Crippen molar-refractivity contribution >= 4 is 23.0 Å². The van der Waals surface area contributed by atoms with E-state index in [0.29, 0.717) is 11.3 Å². The van der Waals surface area contributed by atoms with Gasteiger partial charge in [0.15, 0.2) is 0 Å². The van der Waals surface area contributed by atoms with Crippen molar-refractivity contribution in [1.82, 2.24) is 5.32 Å². The van der Waals surface area contributed by atoms with Crippen molar-refractivity contribution in [3.05, 3.63) is 78.4 Å². The smallest absolute Gasteiger partial charge is 0.251 e. The molecule has 3 aromatic rings. The van der Waals surface area contributed by atoms with Gasteiger partial charge in [-0.2, -0.15) is 0 Å². The number of amides is 1. The molecule has 5 heteroatoms. The molecule has 0 saturated carbocycles. The van der Waals surface area contributed by atoms with E-state index in [1.807, 2.05) is 54.6 Å². The van der Waals surface area contributed by atoms with Crippen LogP contribution in [0.4, 0.5) is 17.1 Å². The van der Waals surface area contributed by atoms with Crippen LogP contribution in [0.25, 0.3) is 0 Å². The molecule has 126 valence electrons. The summed E-state index contributed by atoms with van der Waals surface area (Å²) in [6.45, 7) is 0. The highest BCUT2D eigenvalue weighted by molar-refractivity contribution is 5.96. The van der Waals surface area contributed by atoms with Gasteiger partial charge < -0.3 is 21.1 Å². The fourth-order valence-electron chi connectivity index (χ4n) is 2.35. The third-order valence-corrected chi connectivity index (χ3v) is 3.65. The molecular weight excluding hydrogens is 314 g/mol. The van der Waals surface area contributed by atoms with Gasteiger partial charge in [-0.25, -0.2) is 0 Å². The van der Waals surface area contributed by atoms with Gasteiger partial charge in [0.05, 0.1) is 11.4 Å². The van der Waals surface area contributed by atoms with Crippen LogP contribution in [0.1, 0.15) is 10.4 Å². The van der Waals surface area contributed by atoms with E-state index in [4.69, 9.17) is 10.5 Å². The number of anilines is 3. The van der Waals surface area contributed by atoms with Crippen LogP contribution in [0.5, 0.6) is 11.5 Å². The third kappa shape index (κ3) is 4.09. The fourth-order valence-corrected chi connectivity index (χ4v) is 2.35. The minimum absolute atomic E-state index is 0.166. The lowest BCUT2D eigenvalue weighted by atomic mass is 10.1. The van der Waals surface area contributed by atoms with Gasteiger partial charge in [0, 0.05) is 18.3 Å². The zero-order chi connectivity index (χ0) is 17.6. The Labute approximate surface area is 146 Å². The van der Waals surface area contributed by atoms with E-state index in [0.717, 1.165) is 22.9 Å². The highest BCUT2D eigenvalue weighted by Gasteiger charge is 2.07. The molecule has 0 unspecified atom stereocenters. The second-order valence-electron chi connectivity index (χ2n) is 5.45. The molecule has 25 heavy (non-hydrogen) atoms. The van der Waals surface area contributed by atoms with Gasteiger partial charge in [0.25, 0.3) is 5.91 Å². The quantitative estimate of drug-likeness (QED) is 0.613. The van der Waals surface area contributed by atoms with Gasteiger partial charge in [-0.3, -0.25) is 4.79 Å². The minimum atomic E-state index is -0.166. The number of hydrogen-bond donors (Lipinski definition) is 3. The van der Waals surface area contributed by atoms with E-state index in [9.17, 15) is 4.79 Å². The molecule has 5 nitrogen and oxygen atoms in total.